The van der Waals surface area contributed by atoms with Crippen LogP contribution in [0.5, 0.6) is 11.5 Å². The van der Waals surface area contributed by atoms with Crippen LogP contribution in [-0.2, 0) is 14.8 Å². The Morgan fingerprint density at radius 2 is 1.72 bits per heavy atom. The fourth-order valence-electron chi connectivity index (χ4n) is 2.89. The largest absolute Gasteiger partial charge is 0.497 e. The Morgan fingerprint density at radius 3 is 2.34 bits per heavy atom. The van der Waals surface area contributed by atoms with Gasteiger partial charge in [0.05, 0.1) is 17.0 Å². The number of carbonyl (C=O) groups is 1. The Morgan fingerprint density at radius 1 is 1.03 bits per heavy atom. The molecule has 0 aromatic heterocycles. The van der Waals surface area contributed by atoms with Crippen LogP contribution in [0.3, 0.4) is 0 Å². The van der Waals surface area contributed by atoms with Gasteiger partial charge in [-0.25, -0.2) is 13.1 Å². The van der Waals surface area contributed by atoms with Gasteiger partial charge in [0.15, 0.2) is 6.61 Å². The maximum absolute atomic E-state index is 12.7. The molecule has 3 rings (SSSR count). The lowest BCUT2D eigenvalue weighted by Crippen LogP contribution is -2.27. The Bertz CT molecular complexity index is 1170. The summed E-state index contributed by atoms with van der Waals surface area (Å²) >= 11 is 6.20. The van der Waals surface area contributed by atoms with E-state index in [9.17, 15) is 13.2 Å². The number of nitrogens with one attached hydrogen (secondary N) is 2. The molecule has 0 saturated heterocycles. The van der Waals surface area contributed by atoms with Gasteiger partial charge in [-0.05, 0) is 55.0 Å². The molecular formula is C23H23ClN2O5S. The lowest BCUT2D eigenvalue weighted by Gasteiger charge is -2.15. The lowest BCUT2D eigenvalue weighted by molar-refractivity contribution is -0.118. The molecule has 0 aliphatic carbocycles. The third-order valence-electron chi connectivity index (χ3n) is 4.58. The highest BCUT2D eigenvalue weighted by molar-refractivity contribution is 7.89. The van der Waals surface area contributed by atoms with Crippen LogP contribution < -0.4 is 19.5 Å². The van der Waals surface area contributed by atoms with Gasteiger partial charge in [-0.1, -0.05) is 41.9 Å². The minimum atomic E-state index is -3.80. The van der Waals surface area contributed by atoms with Crippen LogP contribution >= 0.6 is 11.6 Å². The van der Waals surface area contributed by atoms with Crippen molar-refractivity contribution in [2.75, 3.05) is 19.0 Å². The number of sulfonamides is 1. The van der Waals surface area contributed by atoms with E-state index in [0.29, 0.717) is 11.4 Å². The van der Waals surface area contributed by atoms with Crippen molar-refractivity contribution in [1.29, 1.82) is 0 Å². The molecule has 0 aliphatic heterocycles. The molecule has 0 bridgehead atoms. The number of benzene rings is 3. The first-order valence-corrected chi connectivity index (χ1v) is 11.6. The highest BCUT2D eigenvalue weighted by atomic mass is 35.5. The fraction of sp³-hybridized carbons (Fsp3) is 0.174. The summed E-state index contributed by atoms with van der Waals surface area (Å²) in [5.41, 5.74) is 1.43. The van der Waals surface area contributed by atoms with Crippen molar-refractivity contribution < 1.29 is 22.7 Å². The Labute approximate surface area is 192 Å². The molecular weight excluding hydrogens is 452 g/mol. The van der Waals surface area contributed by atoms with Crippen LogP contribution in [0.2, 0.25) is 5.02 Å². The summed E-state index contributed by atoms with van der Waals surface area (Å²) in [5.74, 6) is 0.488. The molecule has 1 amide bonds. The molecule has 3 aromatic rings. The SMILES string of the molecule is COc1ccc(NC(=O)COc2ccc(S(=O)(=O)N[C@@H](C)c3ccccc3)cc2Cl)cc1. The van der Waals surface area contributed by atoms with Gasteiger partial charge in [-0.2, -0.15) is 0 Å². The summed E-state index contributed by atoms with van der Waals surface area (Å²) in [5, 5.41) is 2.77. The Balaban J connectivity index is 1.60. The first-order chi connectivity index (χ1) is 15.3. The van der Waals surface area contributed by atoms with Crippen molar-refractivity contribution in [3.8, 4) is 11.5 Å². The monoisotopic (exact) mass is 474 g/mol. The maximum Gasteiger partial charge on any atom is 0.262 e. The summed E-state index contributed by atoms with van der Waals surface area (Å²) in [6.45, 7) is 1.47. The predicted molar refractivity (Wildman–Crippen MR) is 124 cm³/mol. The van der Waals surface area contributed by atoms with E-state index in [1.54, 1.807) is 38.3 Å². The zero-order valence-corrected chi connectivity index (χ0v) is 19.1. The van der Waals surface area contributed by atoms with E-state index in [2.05, 4.69) is 10.0 Å². The molecule has 0 heterocycles. The molecule has 0 spiro atoms. The van der Waals surface area contributed by atoms with Gasteiger partial charge in [0.2, 0.25) is 10.0 Å². The third kappa shape index (κ3) is 6.23. The van der Waals surface area contributed by atoms with Gasteiger partial charge in [0, 0.05) is 11.7 Å². The summed E-state index contributed by atoms with van der Waals surface area (Å²) in [7, 11) is -2.25. The molecule has 168 valence electrons. The number of rotatable bonds is 9. The van der Waals surface area contributed by atoms with Gasteiger partial charge >= 0.3 is 0 Å². The van der Waals surface area contributed by atoms with Gasteiger partial charge in [0.25, 0.3) is 5.91 Å². The first kappa shape index (κ1) is 23.6. The van der Waals surface area contributed by atoms with Crippen molar-refractivity contribution in [3.05, 3.63) is 83.4 Å². The molecule has 3 aromatic carbocycles. The van der Waals surface area contributed by atoms with Gasteiger partial charge < -0.3 is 14.8 Å². The third-order valence-corrected chi connectivity index (χ3v) is 6.41. The number of carbonyl (C=O) groups excluding carboxylic acids is 1. The molecule has 1 atom stereocenters. The first-order valence-electron chi connectivity index (χ1n) is 9.72. The maximum atomic E-state index is 12.7. The Kier molecular flexibility index (Phi) is 7.74. The van der Waals surface area contributed by atoms with E-state index in [-0.39, 0.29) is 28.2 Å². The average Bonchev–Trinajstić information content (AvgIpc) is 2.79. The minimum absolute atomic E-state index is 0.000292. The fourth-order valence-corrected chi connectivity index (χ4v) is 4.45. The van der Waals surface area contributed by atoms with Crippen molar-refractivity contribution in [3.63, 3.8) is 0 Å². The van der Waals surface area contributed by atoms with Crippen LogP contribution in [0.1, 0.15) is 18.5 Å². The van der Waals surface area contributed by atoms with Crippen LogP contribution in [0.25, 0.3) is 0 Å². The zero-order valence-electron chi connectivity index (χ0n) is 17.5. The van der Waals surface area contributed by atoms with Crippen LogP contribution in [-0.4, -0.2) is 28.0 Å². The number of amides is 1. The highest BCUT2D eigenvalue weighted by Gasteiger charge is 2.20. The summed E-state index contributed by atoms with van der Waals surface area (Å²) in [4.78, 5) is 12.1. The smallest absolute Gasteiger partial charge is 0.262 e. The van der Waals surface area contributed by atoms with Crippen molar-refractivity contribution >= 4 is 33.2 Å². The number of anilines is 1. The zero-order chi connectivity index (χ0) is 23.1. The molecule has 0 radical (unpaired) electrons. The summed E-state index contributed by atoms with van der Waals surface area (Å²) < 4.78 is 38.6. The van der Waals surface area contributed by atoms with Crippen molar-refractivity contribution in [2.45, 2.75) is 17.9 Å². The van der Waals surface area contributed by atoms with E-state index in [0.717, 1.165) is 5.56 Å². The molecule has 0 fully saturated rings. The van der Waals surface area contributed by atoms with E-state index < -0.39 is 16.1 Å². The Hall–Kier alpha value is -3.07. The molecule has 0 saturated carbocycles. The number of ether oxygens (including phenoxy) is 2. The number of methoxy groups -OCH3 is 1. The summed E-state index contributed by atoms with van der Waals surface area (Å²) in [6, 6.07) is 19.7. The normalized spacial score (nSPS) is 12.1. The number of hydrogen-bond acceptors (Lipinski definition) is 5. The van der Waals surface area contributed by atoms with E-state index in [4.69, 9.17) is 21.1 Å². The van der Waals surface area contributed by atoms with Gasteiger partial charge in [-0.15, -0.1) is 0 Å². The molecule has 9 heteroatoms. The van der Waals surface area contributed by atoms with Crippen LogP contribution in [0.15, 0.2) is 77.7 Å². The van der Waals surface area contributed by atoms with E-state index in [1.165, 1.54) is 18.2 Å². The molecule has 2 N–H and O–H groups in total. The van der Waals surface area contributed by atoms with Crippen LogP contribution in [0.4, 0.5) is 5.69 Å². The van der Waals surface area contributed by atoms with E-state index in [1.807, 2.05) is 30.3 Å². The number of hydrogen-bond donors (Lipinski definition) is 2. The average molecular weight is 475 g/mol. The van der Waals surface area contributed by atoms with Crippen molar-refractivity contribution in [1.82, 2.24) is 4.72 Å². The second-order valence-corrected chi connectivity index (χ2v) is 9.03. The van der Waals surface area contributed by atoms with E-state index >= 15 is 0 Å². The summed E-state index contributed by atoms with van der Waals surface area (Å²) in [6.07, 6.45) is 0. The van der Waals surface area contributed by atoms with Gasteiger partial charge in [0.1, 0.15) is 11.5 Å². The van der Waals surface area contributed by atoms with Crippen molar-refractivity contribution in [2.24, 2.45) is 0 Å². The molecule has 0 aliphatic rings. The molecule has 7 nitrogen and oxygen atoms in total. The number of halogens is 1. The highest BCUT2D eigenvalue weighted by Crippen LogP contribution is 2.28. The standard InChI is InChI=1S/C23H23ClN2O5S/c1-16(17-6-4-3-5-7-17)26-32(28,29)20-12-13-22(21(24)14-20)31-15-23(27)25-18-8-10-19(30-2)11-9-18/h3-14,16,26H,15H2,1-2H3,(H,25,27)/t16-/m0/s1. The quantitative estimate of drug-likeness (QED) is 0.479. The topological polar surface area (TPSA) is 93.7 Å². The van der Waals surface area contributed by atoms with Crippen LogP contribution in [0, 0.1) is 0 Å². The second kappa shape index (κ2) is 10.5. The molecule has 32 heavy (non-hydrogen) atoms. The predicted octanol–water partition coefficient (Wildman–Crippen LogP) is 4.41. The minimum Gasteiger partial charge on any atom is -0.497 e. The lowest BCUT2D eigenvalue weighted by atomic mass is 10.1. The molecule has 0 unspecified atom stereocenters. The van der Waals surface area contributed by atoms with Gasteiger partial charge in [-0.3, -0.25) is 4.79 Å². The second-order valence-electron chi connectivity index (χ2n) is 6.91.